The SMILES string of the molecule is CC(C)CCCC(C)C1CCC2C3CC=C4CCCC(OC(=O)OCC(N)C(=O)OCc5ccccc5)C4(C)C3CCC12C. The second-order valence-electron chi connectivity index (χ2n) is 15.4. The Balaban J connectivity index is 1.19. The molecule has 0 radical (unpaired) electrons. The Hall–Kier alpha value is -2.34. The Morgan fingerprint density at radius 3 is 2.50 bits per heavy atom. The van der Waals surface area contributed by atoms with Crippen LogP contribution >= 0.6 is 0 Å². The van der Waals surface area contributed by atoms with E-state index in [2.05, 4.69) is 40.7 Å². The molecule has 0 amide bonds. The first-order valence-corrected chi connectivity index (χ1v) is 17.5. The normalized spacial score (nSPS) is 34.2. The van der Waals surface area contributed by atoms with Crippen molar-refractivity contribution in [1.29, 1.82) is 0 Å². The number of allylic oxidation sites excluding steroid dienone is 1. The number of fused-ring (bicyclic) bond motifs is 5. The van der Waals surface area contributed by atoms with E-state index in [-0.39, 0.29) is 24.7 Å². The quantitative estimate of drug-likeness (QED) is 0.200. The minimum atomic E-state index is -1.05. The maximum atomic E-state index is 13.0. The van der Waals surface area contributed by atoms with Crippen LogP contribution < -0.4 is 5.73 Å². The molecule has 0 heterocycles. The van der Waals surface area contributed by atoms with Gasteiger partial charge in [0.2, 0.25) is 0 Å². The lowest BCUT2D eigenvalue weighted by Gasteiger charge is -2.59. The summed E-state index contributed by atoms with van der Waals surface area (Å²) in [5, 5.41) is 0. The molecule has 6 heteroatoms. The second-order valence-corrected chi connectivity index (χ2v) is 15.4. The Bertz CT molecular complexity index is 1170. The van der Waals surface area contributed by atoms with Gasteiger partial charge in [-0.05, 0) is 97.9 Å². The summed E-state index contributed by atoms with van der Waals surface area (Å²) in [6.07, 6.45) is 14.9. The molecule has 0 spiro atoms. The minimum Gasteiger partial charge on any atom is -0.460 e. The van der Waals surface area contributed by atoms with Gasteiger partial charge in [0.1, 0.15) is 25.4 Å². The highest BCUT2D eigenvalue weighted by Crippen LogP contribution is 2.67. The summed E-state index contributed by atoms with van der Waals surface area (Å²) < 4.78 is 16.8. The Morgan fingerprint density at radius 2 is 1.75 bits per heavy atom. The lowest BCUT2D eigenvalue weighted by molar-refractivity contribution is -0.148. The van der Waals surface area contributed by atoms with Crippen molar-refractivity contribution in [3.05, 3.63) is 47.5 Å². The van der Waals surface area contributed by atoms with Gasteiger partial charge in [0.15, 0.2) is 0 Å². The van der Waals surface area contributed by atoms with Crippen LogP contribution in [0.3, 0.4) is 0 Å². The molecular weight excluding hydrogens is 550 g/mol. The summed E-state index contributed by atoms with van der Waals surface area (Å²) >= 11 is 0. The molecule has 0 aliphatic heterocycles. The van der Waals surface area contributed by atoms with Crippen LogP contribution in [-0.4, -0.2) is 30.9 Å². The summed E-state index contributed by atoms with van der Waals surface area (Å²) in [6.45, 7) is 12.1. The van der Waals surface area contributed by atoms with Gasteiger partial charge < -0.3 is 19.9 Å². The van der Waals surface area contributed by atoms with Crippen LogP contribution in [0.1, 0.15) is 111 Å². The molecule has 44 heavy (non-hydrogen) atoms. The Kier molecular flexibility index (Phi) is 10.5. The molecule has 0 aromatic heterocycles. The zero-order valence-corrected chi connectivity index (χ0v) is 27.9. The fraction of sp³-hybridized carbons (Fsp3) is 0.737. The predicted octanol–water partition coefficient (Wildman–Crippen LogP) is 8.62. The molecule has 0 saturated heterocycles. The van der Waals surface area contributed by atoms with Crippen molar-refractivity contribution >= 4 is 12.1 Å². The second kappa shape index (κ2) is 14.0. The third-order valence-electron chi connectivity index (χ3n) is 12.5. The van der Waals surface area contributed by atoms with E-state index in [1.807, 2.05) is 30.3 Å². The molecule has 1 aromatic rings. The van der Waals surface area contributed by atoms with Crippen LogP contribution in [0.15, 0.2) is 42.0 Å². The molecule has 5 rings (SSSR count). The van der Waals surface area contributed by atoms with E-state index >= 15 is 0 Å². The van der Waals surface area contributed by atoms with Crippen LogP contribution in [0, 0.1) is 46.3 Å². The summed E-state index contributed by atoms with van der Waals surface area (Å²) in [7, 11) is 0. The molecule has 244 valence electrons. The minimum absolute atomic E-state index is 0.133. The smallest absolute Gasteiger partial charge is 0.460 e. The van der Waals surface area contributed by atoms with Crippen molar-refractivity contribution in [2.24, 2.45) is 52.1 Å². The predicted molar refractivity (Wildman–Crippen MR) is 173 cm³/mol. The van der Waals surface area contributed by atoms with Gasteiger partial charge in [-0.2, -0.15) is 0 Å². The third-order valence-corrected chi connectivity index (χ3v) is 12.5. The Morgan fingerprint density at radius 1 is 0.977 bits per heavy atom. The summed E-state index contributed by atoms with van der Waals surface area (Å²) in [5.74, 6) is 3.69. The standard InChI is InChI=1S/C38H57NO5/c1-25(2)11-9-12-26(3)30-19-20-31-29-18-17-28-15-10-16-34(38(28,5)32(29)21-22-37(30,31)4)44-36(41)43-24-33(39)35(40)42-23-27-13-7-6-8-14-27/h6-8,13-14,17,25-26,29-34H,9-12,15-16,18-24,39H2,1-5H3. The van der Waals surface area contributed by atoms with E-state index in [1.165, 1.54) is 56.9 Å². The van der Waals surface area contributed by atoms with Gasteiger partial charge in [-0.3, -0.25) is 4.79 Å². The monoisotopic (exact) mass is 607 g/mol. The average molecular weight is 608 g/mol. The zero-order chi connectivity index (χ0) is 31.5. The molecule has 4 aliphatic rings. The van der Waals surface area contributed by atoms with Crippen LogP contribution in [0.25, 0.3) is 0 Å². The van der Waals surface area contributed by atoms with Gasteiger partial charge in [-0.25, -0.2) is 4.79 Å². The number of ether oxygens (including phenoxy) is 3. The highest BCUT2D eigenvalue weighted by Gasteiger charge is 2.61. The van der Waals surface area contributed by atoms with Crippen molar-refractivity contribution < 1.29 is 23.8 Å². The van der Waals surface area contributed by atoms with Gasteiger partial charge in [0, 0.05) is 5.41 Å². The molecule has 6 nitrogen and oxygen atoms in total. The maximum Gasteiger partial charge on any atom is 0.508 e. The molecule has 3 saturated carbocycles. The number of nitrogens with two attached hydrogens (primary N) is 1. The summed E-state index contributed by atoms with van der Waals surface area (Å²) in [4.78, 5) is 25.4. The molecule has 9 atom stereocenters. The average Bonchev–Trinajstić information content (AvgIpc) is 3.36. The van der Waals surface area contributed by atoms with Crippen LogP contribution in [0.4, 0.5) is 4.79 Å². The number of carbonyl (C=O) groups is 2. The zero-order valence-electron chi connectivity index (χ0n) is 27.9. The highest BCUT2D eigenvalue weighted by molar-refractivity contribution is 5.76. The number of rotatable bonds is 11. The highest BCUT2D eigenvalue weighted by atomic mass is 16.7. The fourth-order valence-electron chi connectivity index (χ4n) is 10.1. The fourth-order valence-corrected chi connectivity index (χ4v) is 10.1. The van der Waals surface area contributed by atoms with Crippen molar-refractivity contribution in [1.82, 2.24) is 0 Å². The van der Waals surface area contributed by atoms with Crippen molar-refractivity contribution in [3.8, 4) is 0 Å². The number of esters is 1. The van der Waals surface area contributed by atoms with Crippen LogP contribution in [0.2, 0.25) is 0 Å². The van der Waals surface area contributed by atoms with Gasteiger partial charge in [-0.1, -0.05) is 95.9 Å². The molecule has 0 bridgehead atoms. The van der Waals surface area contributed by atoms with Crippen LogP contribution in [0.5, 0.6) is 0 Å². The number of hydrogen-bond acceptors (Lipinski definition) is 6. The largest absolute Gasteiger partial charge is 0.508 e. The first kappa shape index (κ1) is 33.0. The topological polar surface area (TPSA) is 87.9 Å². The van der Waals surface area contributed by atoms with E-state index in [0.29, 0.717) is 17.3 Å². The van der Waals surface area contributed by atoms with Gasteiger partial charge >= 0.3 is 12.1 Å². The first-order chi connectivity index (χ1) is 21.0. The number of carbonyl (C=O) groups excluding carboxylic acids is 2. The lowest BCUT2D eigenvalue weighted by Crippen LogP contribution is -2.55. The molecular formula is C38H57NO5. The first-order valence-electron chi connectivity index (χ1n) is 17.5. The maximum absolute atomic E-state index is 13.0. The van der Waals surface area contributed by atoms with Crippen LogP contribution in [-0.2, 0) is 25.6 Å². The molecule has 3 fully saturated rings. The summed E-state index contributed by atoms with van der Waals surface area (Å²) in [6, 6.07) is 8.38. The van der Waals surface area contributed by atoms with Crippen molar-refractivity contribution in [2.75, 3.05) is 6.61 Å². The molecule has 1 aromatic carbocycles. The lowest BCUT2D eigenvalue weighted by atomic mass is 9.46. The molecule has 9 unspecified atom stereocenters. The van der Waals surface area contributed by atoms with E-state index < -0.39 is 18.2 Å². The van der Waals surface area contributed by atoms with Gasteiger partial charge in [-0.15, -0.1) is 0 Å². The molecule has 2 N–H and O–H groups in total. The van der Waals surface area contributed by atoms with E-state index in [4.69, 9.17) is 19.9 Å². The number of hydrogen-bond donors (Lipinski definition) is 1. The Labute approximate surface area is 265 Å². The van der Waals surface area contributed by atoms with E-state index in [0.717, 1.165) is 48.5 Å². The molecule has 4 aliphatic carbocycles. The van der Waals surface area contributed by atoms with Crippen molar-refractivity contribution in [3.63, 3.8) is 0 Å². The summed E-state index contributed by atoms with van der Waals surface area (Å²) in [5.41, 5.74) is 8.60. The van der Waals surface area contributed by atoms with Gasteiger partial charge in [0.05, 0.1) is 0 Å². The van der Waals surface area contributed by atoms with E-state index in [9.17, 15) is 9.59 Å². The van der Waals surface area contributed by atoms with Gasteiger partial charge in [0.25, 0.3) is 0 Å². The van der Waals surface area contributed by atoms with E-state index in [1.54, 1.807) is 0 Å². The third kappa shape index (κ3) is 6.76. The van der Waals surface area contributed by atoms with Crippen molar-refractivity contribution in [2.45, 2.75) is 124 Å². The number of benzene rings is 1.